The maximum atomic E-state index is 10.5. The molecule has 4 N–H and O–H groups in total. The third-order valence-electron chi connectivity index (χ3n) is 2.10. The van der Waals surface area contributed by atoms with E-state index >= 15 is 0 Å². The Morgan fingerprint density at radius 2 is 1.44 bits per heavy atom. The highest BCUT2D eigenvalue weighted by Crippen LogP contribution is 2.20. The minimum atomic E-state index is -1.59. The summed E-state index contributed by atoms with van der Waals surface area (Å²) < 4.78 is 4.78. The number of hydrogen-bond acceptors (Lipinski definition) is 5. The Labute approximate surface area is 108 Å². The van der Waals surface area contributed by atoms with Crippen molar-refractivity contribution in [2.24, 2.45) is 0 Å². The number of rotatable bonds is 1. The van der Waals surface area contributed by atoms with Crippen molar-refractivity contribution in [3.63, 3.8) is 0 Å². The maximum absolute atomic E-state index is 10.5. The predicted octanol–water partition coefficient (Wildman–Crippen LogP) is 0.383. The SMILES string of the molecule is CC.CC1OC(C(=O)O)C(O)C(O)C1O.CCC. The van der Waals surface area contributed by atoms with Gasteiger partial charge in [-0.15, -0.1) is 0 Å². The quantitative estimate of drug-likeness (QED) is 0.546. The highest BCUT2D eigenvalue weighted by atomic mass is 16.6. The van der Waals surface area contributed by atoms with Crippen molar-refractivity contribution in [2.45, 2.75) is 71.6 Å². The van der Waals surface area contributed by atoms with Crippen LogP contribution in [0, 0.1) is 0 Å². The van der Waals surface area contributed by atoms with Crippen LogP contribution < -0.4 is 0 Å². The molecule has 0 bridgehead atoms. The second kappa shape index (κ2) is 10.3. The van der Waals surface area contributed by atoms with E-state index in [9.17, 15) is 20.1 Å². The first kappa shape index (κ1) is 19.6. The number of aliphatic carboxylic acids is 1. The van der Waals surface area contributed by atoms with Crippen LogP contribution in [-0.2, 0) is 9.53 Å². The molecule has 1 aliphatic rings. The summed E-state index contributed by atoms with van der Waals surface area (Å²) in [6.45, 7) is 9.68. The Bertz CT molecular complexity index is 221. The van der Waals surface area contributed by atoms with Crippen LogP contribution in [0.3, 0.4) is 0 Å². The fraction of sp³-hybridized carbons (Fsp3) is 0.917. The number of aliphatic hydroxyl groups excluding tert-OH is 3. The first-order chi connectivity index (χ1) is 8.36. The Morgan fingerprint density at radius 1 is 1.06 bits per heavy atom. The Hall–Kier alpha value is -0.690. The van der Waals surface area contributed by atoms with E-state index in [1.807, 2.05) is 13.8 Å². The molecule has 5 unspecified atom stereocenters. The first-order valence-corrected chi connectivity index (χ1v) is 6.29. The van der Waals surface area contributed by atoms with Gasteiger partial charge in [0, 0.05) is 0 Å². The van der Waals surface area contributed by atoms with Gasteiger partial charge >= 0.3 is 5.97 Å². The van der Waals surface area contributed by atoms with Crippen molar-refractivity contribution >= 4 is 5.97 Å². The molecule has 1 saturated heterocycles. The molecule has 6 heteroatoms. The van der Waals surface area contributed by atoms with Crippen molar-refractivity contribution in [3.8, 4) is 0 Å². The molecule has 110 valence electrons. The van der Waals surface area contributed by atoms with Crippen LogP contribution in [-0.4, -0.2) is 56.9 Å². The molecule has 0 aromatic heterocycles. The largest absolute Gasteiger partial charge is 0.479 e. The van der Waals surface area contributed by atoms with E-state index in [4.69, 9.17) is 9.84 Å². The zero-order valence-corrected chi connectivity index (χ0v) is 11.7. The molecule has 0 amide bonds. The average Bonchev–Trinajstić information content (AvgIpc) is 2.34. The number of aliphatic hydroxyl groups is 3. The molecule has 1 rings (SSSR count). The number of carboxylic acids is 1. The molecule has 0 radical (unpaired) electrons. The third kappa shape index (κ3) is 5.77. The summed E-state index contributed by atoms with van der Waals surface area (Å²) in [7, 11) is 0. The van der Waals surface area contributed by atoms with Crippen LogP contribution in [0.4, 0.5) is 0 Å². The van der Waals surface area contributed by atoms with Gasteiger partial charge in [0.05, 0.1) is 6.10 Å². The van der Waals surface area contributed by atoms with Gasteiger partial charge in [-0.1, -0.05) is 34.1 Å². The lowest BCUT2D eigenvalue weighted by molar-refractivity contribution is -0.223. The summed E-state index contributed by atoms with van der Waals surface area (Å²) in [5.74, 6) is -1.36. The predicted molar refractivity (Wildman–Crippen MR) is 67.3 cm³/mol. The minimum absolute atomic E-state index is 0.806. The van der Waals surface area contributed by atoms with E-state index in [0.717, 1.165) is 0 Å². The van der Waals surface area contributed by atoms with E-state index < -0.39 is 36.5 Å². The normalized spacial score (nSPS) is 34.6. The van der Waals surface area contributed by atoms with Gasteiger partial charge in [0.25, 0.3) is 0 Å². The topological polar surface area (TPSA) is 107 Å². The van der Waals surface area contributed by atoms with Crippen LogP contribution in [0.25, 0.3) is 0 Å². The van der Waals surface area contributed by atoms with Crippen molar-refractivity contribution in [2.75, 3.05) is 0 Å². The number of carboxylic acid groups (broad SMARTS) is 1. The molecular formula is C12H26O6. The molecule has 0 saturated carbocycles. The van der Waals surface area contributed by atoms with Crippen molar-refractivity contribution in [1.82, 2.24) is 0 Å². The summed E-state index contributed by atoms with van der Waals surface area (Å²) in [5.41, 5.74) is 0. The van der Waals surface area contributed by atoms with Gasteiger partial charge in [-0.2, -0.15) is 0 Å². The summed E-state index contributed by atoms with van der Waals surface area (Å²) in [4.78, 5) is 10.5. The molecule has 1 fully saturated rings. The molecular weight excluding hydrogens is 240 g/mol. The minimum Gasteiger partial charge on any atom is -0.479 e. The Balaban J connectivity index is 0. The first-order valence-electron chi connectivity index (χ1n) is 6.29. The number of hydrogen-bond donors (Lipinski definition) is 4. The van der Waals surface area contributed by atoms with Gasteiger partial charge in [-0.3, -0.25) is 0 Å². The third-order valence-corrected chi connectivity index (χ3v) is 2.10. The zero-order valence-electron chi connectivity index (χ0n) is 11.7. The standard InChI is InChI=1S/C7H12O6.C3H8.C2H6/c1-2-3(8)4(9)5(10)6(13-2)7(11)12;1-3-2;1-2/h2-6,8-10H,1H3,(H,11,12);3H2,1-2H3;1-2H3. The van der Waals surface area contributed by atoms with Gasteiger partial charge in [0.2, 0.25) is 0 Å². The maximum Gasteiger partial charge on any atom is 0.335 e. The van der Waals surface area contributed by atoms with Crippen LogP contribution in [0.1, 0.15) is 41.0 Å². The van der Waals surface area contributed by atoms with E-state index in [2.05, 4.69) is 13.8 Å². The molecule has 0 aromatic rings. The second-order valence-corrected chi connectivity index (χ2v) is 3.78. The summed E-state index contributed by atoms with van der Waals surface area (Å²) in [6, 6.07) is 0. The molecule has 6 nitrogen and oxygen atoms in total. The van der Waals surface area contributed by atoms with Gasteiger partial charge in [0.1, 0.15) is 18.3 Å². The smallest absolute Gasteiger partial charge is 0.335 e. The van der Waals surface area contributed by atoms with Crippen molar-refractivity contribution in [3.05, 3.63) is 0 Å². The fourth-order valence-electron chi connectivity index (χ4n) is 1.26. The van der Waals surface area contributed by atoms with Crippen molar-refractivity contribution < 1.29 is 30.0 Å². The van der Waals surface area contributed by atoms with Crippen LogP contribution in [0.2, 0.25) is 0 Å². The molecule has 0 spiro atoms. The fourth-order valence-corrected chi connectivity index (χ4v) is 1.26. The molecule has 0 aliphatic carbocycles. The molecule has 1 heterocycles. The lowest BCUT2D eigenvalue weighted by atomic mass is 9.96. The van der Waals surface area contributed by atoms with E-state index in [1.54, 1.807) is 0 Å². The van der Waals surface area contributed by atoms with Gasteiger partial charge in [-0.05, 0) is 6.92 Å². The monoisotopic (exact) mass is 266 g/mol. The number of ether oxygens (including phenoxy) is 1. The van der Waals surface area contributed by atoms with E-state index in [-0.39, 0.29) is 0 Å². The van der Waals surface area contributed by atoms with Gasteiger partial charge in [-0.25, -0.2) is 4.79 Å². The number of carbonyl (C=O) groups is 1. The molecule has 5 atom stereocenters. The Kier molecular flexibility index (Phi) is 11.2. The summed E-state index contributed by atoms with van der Waals surface area (Å²) >= 11 is 0. The van der Waals surface area contributed by atoms with Crippen LogP contribution in [0.5, 0.6) is 0 Å². The van der Waals surface area contributed by atoms with Gasteiger partial charge < -0.3 is 25.2 Å². The molecule has 0 aromatic carbocycles. The average molecular weight is 266 g/mol. The van der Waals surface area contributed by atoms with Crippen LogP contribution in [0.15, 0.2) is 0 Å². The van der Waals surface area contributed by atoms with Crippen molar-refractivity contribution in [1.29, 1.82) is 0 Å². The van der Waals surface area contributed by atoms with Crippen LogP contribution >= 0.6 is 0 Å². The highest BCUT2D eigenvalue weighted by Gasteiger charge is 2.44. The molecule has 1 aliphatic heterocycles. The summed E-state index contributed by atoms with van der Waals surface area (Å²) in [6.07, 6.45) is -5.37. The van der Waals surface area contributed by atoms with E-state index in [1.165, 1.54) is 13.3 Å². The second-order valence-electron chi connectivity index (χ2n) is 3.78. The molecule has 18 heavy (non-hydrogen) atoms. The highest BCUT2D eigenvalue weighted by molar-refractivity contribution is 5.73. The summed E-state index contributed by atoms with van der Waals surface area (Å²) in [5, 5.41) is 36.1. The Morgan fingerprint density at radius 3 is 1.78 bits per heavy atom. The lowest BCUT2D eigenvalue weighted by Gasteiger charge is -2.37. The van der Waals surface area contributed by atoms with Gasteiger partial charge in [0.15, 0.2) is 6.10 Å². The lowest BCUT2D eigenvalue weighted by Crippen LogP contribution is -2.58. The zero-order chi connectivity index (χ0) is 14.9. The van der Waals surface area contributed by atoms with E-state index in [0.29, 0.717) is 0 Å².